The second kappa shape index (κ2) is 13.8. The second-order valence-corrected chi connectivity index (χ2v) is 7.56. The van der Waals surface area contributed by atoms with Crippen molar-refractivity contribution in [2.75, 3.05) is 56.1 Å². The number of aliphatic imine (C=N–C) groups is 1. The van der Waals surface area contributed by atoms with E-state index in [0.29, 0.717) is 19.6 Å². The Balaban J connectivity index is 0.00000363. The number of carbonyl (C=O) groups excluding carboxylic acids is 1. The Kier molecular flexibility index (Phi) is 11.1. The predicted molar refractivity (Wildman–Crippen MR) is 144 cm³/mol. The van der Waals surface area contributed by atoms with Crippen molar-refractivity contribution in [1.29, 1.82) is 0 Å². The summed E-state index contributed by atoms with van der Waals surface area (Å²) in [7, 11) is 1.79. The molecule has 3 N–H and O–H groups in total. The van der Waals surface area contributed by atoms with Gasteiger partial charge in [-0.3, -0.25) is 9.79 Å². The minimum Gasteiger partial charge on any atom is -0.372 e. The number of halogens is 1. The van der Waals surface area contributed by atoms with Crippen LogP contribution in [-0.2, 0) is 11.3 Å². The van der Waals surface area contributed by atoms with Crippen LogP contribution in [0.5, 0.6) is 0 Å². The van der Waals surface area contributed by atoms with Crippen LogP contribution in [0.1, 0.15) is 18.9 Å². The Morgan fingerprint density at radius 1 is 1.12 bits per heavy atom. The first-order valence-corrected chi connectivity index (χ1v) is 11.0. The fourth-order valence-corrected chi connectivity index (χ4v) is 3.68. The molecule has 1 saturated heterocycles. The second-order valence-electron chi connectivity index (χ2n) is 7.56. The van der Waals surface area contributed by atoms with Crippen LogP contribution in [0.2, 0.25) is 0 Å². The molecule has 0 radical (unpaired) electrons. The fourth-order valence-electron chi connectivity index (χ4n) is 3.68. The molecule has 0 atom stereocenters. The number of piperazine rings is 1. The van der Waals surface area contributed by atoms with Crippen molar-refractivity contribution in [3.63, 3.8) is 0 Å². The summed E-state index contributed by atoms with van der Waals surface area (Å²) in [5.41, 5.74) is 3.52. The van der Waals surface area contributed by atoms with Gasteiger partial charge in [-0.05, 0) is 43.2 Å². The number of nitrogens with zero attached hydrogens (tertiary/aromatic N) is 3. The van der Waals surface area contributed by atoms with E-state index in [1.54, 1.807) is 7.05 Å². The quantitative estimate of drug-likeness (QED) is 0.194. The molecule has 0 unspecified atom stereocenters. The Bertz CT molecular complexity index is 843. The van der Waals surface area contributed by atoms with E-state index in [9.17, 15) is 4.79 Å². The highest BCUT2D eigenvalue weighted by Gasteiger charge is 2.16. The lowest BCUT2D eigenvalue weighted by molar-refractivity contribution is -0.120. The average molecular weight is 550 g/mol. The van der Waals surface area contributed by atoms with E-state index >= 15 is 0 Å². The standard InChI is InChI=1S/C24H34N6O.HI/c1-3-29(21-8-5-4-6-9-21)16-7-14-27-24(25-2)28-18-20-10-12-22(13-11-20)30-17-15-26-23(31)19-30;/h4-6,8-13H,3,7,14-19H2,1-2H3,(H,26,31)(H2,25,27,28);1H. The molecule has 0 bridgehead atoms. The number of hydrogen-bond acceptors (Lipinski definition) is 4. The first-order chi connectivity index (χ1) is 15.2. The molecule has 0 aromatic heterocycles. The zero-order valence-corrected chi connectivity index (χ0v) is 21.3. The SMILES string of the molecule is CCN(CCCNC(=NC)NCc1ccc(N2CCNC(=O)C2)cc1)c1ccccc1.I. The Labute approximate surface area is 208 Å². The summed E-state index contributed by atoms with van der Waals surface area (Å²) in [4.78, 5) is 20.4. The Morgan fingerprint density at radius 3 is 2.53 bits per heavy atom. The summed E-state index contributed by atoms with van der Waals surface area (Å²) in [5.74, 6) is 0.886. The zero-order chi connectivity index (χ0) is 21.9. The first-order valence-electron chi connectivity index (χ1n) is 11.0. The molecule has 2 aromatic rings. The molecule has 3 rings (SSSR count). The lowest BCUT2D eigenvalue weighted by Gasteiger charge is -2.28. The molecule has 7 nitrogen and oxygen atoms in total. The van der Waals surface area contributed by atoms with Gasteiger partial charge in [0.05, 0.1) is 6.54 Å². The van der Waals surface area contributed by atoms with Crippen LogP contribution in [0.4, 0.5) is 11.4 Å². The molecule has 1 aliphatic heterocycles. The largest absolute Gasteiger partial charge is 0.372 e. The van der Waals surface area contributed by atoms with Gasteiger partial charge in [0, 0.05) is 57.7 Å². The van der Waals surface area contributed by atoms with Crippen LogP contribution >= 0.6 is 24.0 Å². The monoisotopic (exact) mass is 550 g/mol. The van der Waals surface area contributed by atoms with Crippen molar-refractivity contribution >= 4 is 47.2 Å². The van der Waals surface area contributed by atoms with Crippen LogP contribution < -0.4 is 25.8 Å². The number of guanidine groups is 1. The van der Waals surface area contributed by atoms with Gasteiger partial charge in [-0.25, -0.2) is 0 Å². The molecule has 2 aromatic carbocycles. The maximum Gasteiger partial charge on any atom is 0.239 e. The maximum absolute atomic E-state index is 11.6. The first kappa shape index (κ1) is 25.8. The van der Waals surface area contributed by atoms with E-state index in [-0.39, 0.29) is 29.9 Å². The molecular weight excluding hydrogens is 515 g/mol. The van der Waals surface area contributed by atoms with E-state index < -0.39 is 0 Å². The van der Waals surface area contributed by atoms with Crippen molar-refractivity contribution < 1.29 is 4.79 Å². The molecular formula is C24H35IN6O. The molecule has 1 aliphatic rings. The lowest BCUT2D eigenvalue weighted by atomic mass is 10.2. The number of rotatable bonds is 9. The Hall–Kier alpha value is -2.49. The van der Waals surface area contributed by atoms with Gasteiger partial charge in [-0.15, -0.1) is 24.0 Å². The van der Waals surface area contributed by atoms with Gasteiger partial charge in [0.2, 0.25) is 5.91 Å². The molecule has 8 heteroatoms. The summed E-state index contributed by atoms with van der Waals surface area (Å²) in [6, 6.07) is 18.9. The lowest BCUT2D eigenvalue weighted by Crippen LogP contribution is -2.47. The number of nitrogens with one attached hydrogen (secondary N) is 3. The van der Waals surface area contributed by atoms with Crippen LogP contribution in [0.3, 0.4) is 0 Å². The van der Waals surface area contributed by atoms with Crippen molar-refractivity contribution in [3.05, 3.63) is 60.2 Å². The topological polar surface area (TPSA) is 72.0 Å². The van der Waals surface area contributed by atoms with Crippen LogP contribution in [0.15, 0.2) is 59.6 Å². The summed E-state index contributed by atoms with van der Waals surface area (Å²) in [6.07, 6.45) is 1.03. The fraction of sp³-hybridized carbons (Fsp3) is 0.417. The number of amides is 1. The molecule has 0 spiro atoms. The number of para-hydroxylation sites is 1. The highest BCUT2D eigenvalue weighted by atomic mass is 127. The third-order valence-electron chi connectivity index (χ3n) is 5.42. The molecule has 174 valence electrons. The van der Waals surface area contributed by atoms with Crippen molar-refractivity contribution in [2.45, 2.75) is 19.9 Å². The summed E-state index contributed by atoms with van der Waals surface area (Å²) in [5, 5.41) is 9.63. The minimum atomic E-state index is 0. The van der Waals surface area contributed by atoms with Gasteiger partial charge < -0.3 is 25.8 Å². The number of carbonyl (C=O) groups is 1. The van der Waals surface area contributed by atoms with Gasteiger partial charge >= 0.3 is 0 Å². The molecule has 0 saturated carbocycles. The summed E-state index contributed by atoms with van der Waals surface area (Å²) >= 11 is 0. The molecule has 1 heterocycles. The van der Waals surface area contributed by atoms with Crippen molar-refractivity contribution in [3.8, 4) is 0 Å². The van der Waals surface area contributed by atoms with Gasteiger partial charge in [0.1, 0.15) is 0 Å². The number of anilines is 2. The van der Waals surface area contributed by atoms with E-state index in [1.807, 2.05) is 6.07 Å². The third kappa shape index (κ3) is 7.89. The smallest absolute Gasteiger partial charge is 0.239 e. The molecule has 1 amide bonds. The molecule has 1 fully saturated rings. The third-order valence-corrected chi connectivity index (χ3v) is 5.42. The summed E-state index contributed by atoms with van der Waals surface area (Å²) < 4.78 is 0. The normalized spacial score (nSPS) is 13.8. The van der Waals surface area contributed by atoms with E-state index in [1.165, 1.54) is 11.3 Å². The van der Waals surface area contributed by atoms with Crippen molar-refractivity contribution in [2.24, 2.45) is 4.99 Å². The molecule has 32 heavy (non-hydrogen) atoms. The summed E-state index contributed by atoms with van der Waals surface area (Å²) in [6.45, 7) is 7.71. The van der Waals surface area contributed by atoms with Gasteiger partial charge in [0.15, 0.2) is 5.96 Å². The van der Waals surface area contributed by atoms with E-state index in [4.69, 9.17) is 0 Å². The van der Waals surface area contributed by atoms with Crippen LogP contribution in [-0.4, -0.2) is 58.2 Å². The maximum atomic E-state index is 11.6. The van der Waals surface area contributed by atoms with Gasteiger partial charge in [0.25, 0.3) is 0 Å². The highest BCUT2D eigenvalue weighted by molar-refractivity contribution is 14.0. The van der Waals surface area contributed by atoms with E-state index in [0.717, 1.165) is 44.2 Å². The van der Waals surface area contributed by atoms with Crippen LogP contribution in [0.25, 0.3) is 0 Å². The minimum absolute atomic E-state index is 0. The Morgan fingerprint density at radius 2 is 1.88 bits per heavy atom. The highest BCUT2D eigenvalue weighted by Crippen LogP contribution is 2.16. The van der Waals surface area contributed by atoms with Gasteiger partial charge in [-0.2, -0.15) is 0 Å². The number of hydrogen-bond donors (Lipinski definition) is 3. The van der Waals surface area contributed by atoms with Crippen molar-refractivity contribution in [1.82, 2.24) is 16.0 Å². The predicted octanol–water partition coefficient (Wildman–Crippen LogP) is 2.82. The van der Waals surface area contributed by atoms with Crippen LogP contribution in [0, 0.1) is 0 Å². The molecule has 0 aliphatic carbocycles. The number of benzene rings is 2. The average Bonchev–Trinajstić information content (AvgIpc) is 2.82. The van der Waals surface area contributed by atoms with E-state index in [2.05, 4.69) is 86.2 Å². The zero-order valence-electron chi connectivity index (χ0n) is 19.0. The van der Waals surface area contributed by atoms with Gasteiger partial charge in [-0.1, -0.05) is 30.3 Å².